The van der Waals surface area contributed by atoms with E-state index in [-0.39, 0.29) is 17.9 Å². The van der Waals surface area contributed by atoms with Crippen LogP contribution in [0.1, 0.15) is 12.8 Å². The van der Waals surface area contributed by atoms with Crippen molar-refractivity contribution in [1.82, 2.24) is 5.32 Å². The summed E-state index contributed by atoms with van der Waals surface area (Å²) in [6.45, 7) is 1.39. The Hall–Kier alpha value is -2.76. The molecule has 0 aliphatic carbocycles. The third kappa shape index (κ3) is 2.36. The fourth-order valence-electron chi connectivity index (χ4n) is 3.24. The van der Waals surface area contributed by atoms with Crippen molar-refractivity contribution >= 4 is 23.4 Å². The first-order valence-corrected chi connectivity index (χ1v) is 7.75. The van der Waals surface area contributed by atoms with E-state index in [2.05, 4.69) is 10.6 Å². The van der Waals surface area contributed by atoms with Crippen LogP contribution in [0.4, 0.5) is 11.6 Å². The predicted octanol–water partition coefficient (Wildman–Crippen LogP) is 1.98. The Morgan fingerprint density at radius 3 is 2.78 bits per heavy atom. The lowest BCUT2D eigenvalue weighted by Crippen LogP contribution is -2.54. The molecular formula is C17H17N3O3. The molecule has 6 heteroatoms. The molecule has 1 aromatic carbocycles. The molecule has 4 rings (SSSR count). The summed E-state index contributed by atoms with van der Waals surface area (Å²) in [5.74, 6) is 0.224. The standard InChI is InChI=1S/C17H17N3O3/c21-14-7-6-13(16(22)19-14)20-9-8-18-15-12(10-23-17(15)20)11-4-2-1-3-5-11/h1-5,10,13,18H,6-9H2,(H,19,21,22). The number of imide groups is 1. The van der Waals surface area contributed by atoms with Gasteiger partial charge >= 0.3 is 0 Å². The minimum atomic E-state index is -0.358. The first-order chi connectivity index (χ1) is 11.2. The van der Waals surface area contributed by atoms with Gasteiger partial charge in [0.25, 0.3) is 0 Å². The minimum Gasteiger partial charge on any atom is -0.446 e. The molecule has 2 amide bonds. The van der Waals surface area contributed by atoms with Crippen LogP contribution < -0.4 is 15.5 Å². The summed E-state index contributed by atoms with van der Waals surface area (Å²) < 4.78 is 5.78. The van der Waals surface area contributed by atoms with Gasteiger partial charge in [0.2, 0.25) is 17.7 Å². The summed E-state index contributed by atoms with van der Waals surface area (Å²) in [6.07, 6.45) is 2.60. The van der Waals surface area contributed by atoms with E-state index in [0.717, 1.165) is 23.4 Å². The molecule has 1 saturated heterocycles. The van der Waals surface area contributed by atoms with E-state index in [0.29, 0.717) is 25.3 Å². The first kappa shape index (κ1) is 13.9. The van der Waals surface area contributed by atoms with Crippen molar-refractivity contribution in [3.8, 4) is 11.1 Å². The largest absolute Gasteiger partial charge is 0.446 e. The van der Waals surface area contributed by atoms with Crippen LogP contribution in [0.2, 0.25) is 0 Å². The van der Waals surface area contributed by atoms with Crippen LogP contribution in [-0.4, -0.2) is 30.9 Å². The normalized spacial score (nSPS) is 20.7. The Morgan fingerprint density at radius 1 is 1.17 bits per heavy atom. The first-order valence-electron chi connectivity index (χ1n) is 7.75. The van der Waals surface area contributed by atoms with Gasteiger partial charge in [-0.2, -0.15) is 0 Å². The molecule has 1 aromatic heterocycles. The summed E-state index contributed by atoms with van der Waals surface area (Å²) in [4.78, 5) is 25.5. The van der Waals surface area contributed by atoms with Gasteiger partial charge in [0.15, 0.2) is 0 Å². The van der Waals surface area contributed by atoms with E-state index in [1.54, 1.807) is 6.26 Å². The molecule has 0 radical (unpaired) electrons. The molecule has 0 bridgehead atoms. The van der Waals surface area contributed by atoms with E-state index in [1.807, 2.05) is 35.2 Å². The molecule has 2 aliphatic heterocycles. The van der Waals surface area contributed by atoms with Crippen molar-refractivity contribution < 1.29 is 14.0 Å². The Morgan fingerprint density at radius 2 is 2.00 bits per heavy atom. The fourth-order valence-corrected chi connectivity index (χ4v) is 3.24. The topological polar surface area (TPSA) is 74.6 Å². The van der Waals surface area contributed by atoms with Crippen LogP contribution in [-0.2, 0) is 9.59 Å². The highest BCUT2D eigenvalue weighted by Crippen LogP contribution is 2.41. The number of furan rings is 1. The molecule has 2 aliphatic rings. The highest BCUT2D eigenvalue weighted by molar-refractivity contribution is 6.02. The Balaban J connectivity index is 1.69. The third-order valence-corrected chi connectivity index (χ3v) is 4.36. The fraction of sp³-hybridized carbons (Fsp3) is 0.294. The minimum absolute atomic E-state index is 0.203. The molecule has 23 heavy (non-hydrogen) atoms. The zero-order chi connectivity index (χ0) is 15.8. The number of hydrogen-bond donors (Lipinski definition) is 2. The highest BCUT2D eigenvalue weighted by Gasteiger charge is 2.36. The lowest BCUT2D eigenvalue weighted by atomic mass is 10.0. The second-order valence-electron chi connectivity index (χ2n) is 5.78. The highest BCUT2D eigenvalue weighted by atomic mass is 16.3. The number of carbonyl (C=O) groups is 2. The molecule has 1 fully saturated rings. The SMILES string of the molecule is O=C1CCC(N2CCNc3c(-c4ccccc4)coc32)C(=O)N1. The van der Waals surface area contributed by atoms with Crippen LogP contribution in [0, 0.1) is 0 Å². The average Bonchev–Trinajstić information content (AvgIpc) is 3.00. The van der Waals surface area contributed by atoms with Gasteiger partial charge in [-0.1, -0.05) is 30.3 Å². The monoisotopic (exact) mass is 311 g/mol. The average molecular weight is 311 g/mol. The van der Waals surface area contributed by atoms with Gasteiger partial charge in [-0.15, -0.1) is 0 Å². The van der Waals surface area contributed by atoms with Crippen LogP contribution >= 0.6 is 0 Å². The van der Waals surface area contributed by atoms with E-state index in [1.165, 1.54) is 0 Å². The maximum absolute atomic E-state index is 12.2. The van der Waals surface area contributed by atoms with E-state index in [4.69, 9.17) is 4.42 Å². The van der Waals surface area contributed by atoms with Crippen LogP contribution in [0.3, 0.4) is 0 Å². The quantitative estimate of drug-likeness (QED) is 0.830. The number of amides is 2. The number of anilines is 2. The maximum atomic E-state index is 12.2. The lowest BCUT2D eigenvalue weighted by molar-refractivity contribution is -0.134. The van der Waals surface area contributed by atoms with Gasteiger partial charge < -0.3 is 14.6 Å². The van der Waals surface area contributed by atoms with E-state index >= 15 is 0 Å². The summed E-state index contributed by atoms with van der Waals surface area (Å²) in [5, 5.41) is 5.78. The number of nitrogens with one attached hydrogen (secondary N) is 2. The molecule has 118 valence electrons. The Labute approximate surface area is 133 Å². The van der Waals surface area contributed by atoms with E-state index < -0.39 is 0 Å². The molecule has 0 saturated carbocycles. The molecule has 0 spiro atoms. The third-order valence-electron chi connectivity index (χ3n) is 4.36. The summed E-state index contributed by atoms with van der Waals surface area (Å²) in [7, 11) is 0. The van der Waals surface area contributed by atoms with Crippen molar-refractivity contribution in [3.63, 3.8) is 0 Å². The number of rotatable bonds is 2. The van der Waals surface area contributed by atoms with Gasteiger partial charge in [0.1, 0.15) is 18.0 Å². The lowest BCUT2D eigenvalue weighted by Gasteiger charge is -2.36. The van der Waals surface area contributed by atoms with Crippen molar-refractivity contribution in [2.75, 3.05) is 23.3 Å². The van der Waals surface area contributed by atoms with Crippen molar-refractivity contribution in [2.45, 2.75) is 18.9 Å². The number of benzene rings is 1. The Kier molecular flexibility index (Phi) is 3.29. The molecule has 3 heterocycles. The van der Waals surface area contributed by atoms with Gasteiger partial charge in [-0.25, -0.2) is 0 Å². The van der Waals surface area contributed by atoms with Crippen molar-refractivity contribution in [3.05, 3.63) is 36.6 Å². The van der Waals surface area contributed by atoms with Crippen molar-refractivity contribution in [1.29, 1.82) is 0 Å². The molecular weight excluding hydrogens is 294 g/mol. The second-order valence-corrected chi connectivity index (χ2v) is 5.78. The van der Waals surface area contributed by atoms with E-state index in [9.17, 15) is 9.59 Å². The Bertz CT molecular complexity index is 754. The van der Waals surface area contributed by atoms with Gasteiger partial charge in [0.05, 0.1) is 0 Å². The molecule has 1 atom stereocenters. The maximum Gasteiger partial charge on any atom is 0.249 e. The summed E-state index contributed by atoms with van der Waals surface area (Å²) in [6, 6.07) is 9.63. The molecule has 6 nitrogen and oxygen atoms in total. The summed E-state index contributed by atoms with van der Waals surface area (Å²) in [5.41, 5.74) is 2.96. The second kappa shape index (κ2) is 5.46. The zero-order valence-corrected chi connectivity index (χ0v) is 12.5. The zero-order valence-electron chi connectivity index (χ0n) is 12.5. The van der Waals surface area contributed by atoms with Crippen LogP contribution in [0.25, 0.3) is 11.1 Å². The molecule has 2 N–H and O–H groups in total. The molecule has 2 aromatic rings. The van der Waals surface area contributed by atoms with Crippen LogP contribution in [0.15, 0.2) is 41.0 Å². The summed E-state index contributed by atoms with van der Waals surface area (Å²) >= 11 is 0. The van der Waals surface area contributed by atoms with Crippen molar-refractivity contribution in [2.24, 2.45) is 0 Å². The van der Waals surface area contributed by atoms with Crippen LogP contribution in [0.5, 0.6) is 0 Å². The van der Waals surface area contributed by atoms with Gasteiger partial charge in [-0.3, -0.25) is 14.9 Å². The smallest absolute Gasteiger partial charge is 0.249 e. The number of carbonyl (C=O) groups excluding carboxylic acids is 2. The number of fused-ring (bicyclic) bond motifs is 1. The predicted molar refractivity (Wildman–Crippen MR) is 86.2 cm³/mol. The number of hydrogen-bond acceptors (Lipinski definition) is 5. The molecule has 1 unspecified atom stereocenters. The number of nitrogens with zero attached hydrogens (tertiary/aromatic N) is 1. The van der Waals surface area contributed by atoms with Gasteiger partial charge in [0, 0.05) is 25.1 Å². The number of piperidine rings is 1. The van der Waals surface area contributed by atoms with Gasteiger partial charge in [-0.05, 0) is 12.0 Å².